The Morgan fingerprint density at radius 2 is 1.95 bits per heavy atom. The van der Waals surface area contributed by atoms with Crippen LogP contribution in [0, 0.1) is 13.8 Å². The normalized spacial score (nSPS) is 20.4. The van der Waals surface area contributed by atoms with E-state index in [1.165, 1.54) is 4.31 Å². The monoisotopic (exact) mass is 313 g/mol. The number of hydrogen-bond donors (Lipinski definition) is 1. The van der Waals surface area contributed by atoms with Crippen LogP contribution in [0.2, 0.25) is 0 Å². The molecule has 1 saturated heterocycles. The van der Waals surface area contributed by atoms with E-state index >= 15 is 0 Å². The lowest BCUT2D eigenvalue weighted by molar-refractivity contribution is -0.141. The van der Waals surface area contributed by atoms with Crippen LogP contribution in [-0.2, 0) is 19.6 Å². The minimum absolute atomic E-state index is 0.0711. The Hall–Kier alpha value is -1.44. The van der Waals surface area contributed by atoms with Crippen LogP contribution in [0.25, 0.3) is 0 Å². The van der Waals surface area contributed by atoms with Crippen LogP contribution in [0.1, 0.15) is 17.5 Å². The highest BCUT2D eigenvalue weighted by Crippen LogP contribution is 2.22. The summed E-state index contributed by atoms with van der Waals surface area (Å²) in [5.74, 6) is -0.995. The van der Waals surface area contributed by atoms with Gasteiger partial charge in [-0.25, -0.2) is 8.42 Å². The Balaban J connectivity index is 2.24. The average molecular weight is 313 g/mol. The average Bonchev–Trinajstić information content (AvgIpc) is 2.37. The number of aliphatic carboxylic acids is 1. The molecular formula is C14H19NO5S. The highest BCUT2D eigenvalue weighted by molar-refractivity contribution is 7.89. The lowest BCUT2D eigenvalue weighted by atomic mass is 10.2. The van der Waals surface area contributed by atoms with Crippen LogP contribution in [0.15, 0.2) is 23.1 Å². The van der Waals surface area contributed by atoms with Crippen molar-refractivity contribution in [2.45, 2.75) is 31.3 Å². The van der Waals surface area contributed by atoms with Crippen LogP contribution in [-0.4, -0.2) is 49.6 Å². The van der Waals surface area contributed by atoms with Crippen molar-refractivity contribution >= 4 is 16.0 Å². The van der Waals surface area contributed by atoms with Gasteiger partial charge in [-0.05, 0) is 37.1 Å². The predicted octanol–water partition coefficient (Wildman–Crippen LogP) is 1.17. The smallest absolute Gasteiger partial charge is 0.306 e. The van der Waals surface area contributed by atoms with E-state index in [1.807, 2.05) is 19.9 Å². The van der Waals surface area contributed by atoms with E-state index < -0.39 is 22.1 Å². The molecule has 0 spiro atoms. The van der Waals surface area contributed by atoms with Crippen LogP contribution < -0.4 is 0 Å². The Kier molecular flexibility index (Phi) is 4.65. The first-order valence-electron chi connectivity index (χ1n) is 6.71. The van der Waals surface area contributed by atoms with E-state index in [-0.39, 0.29) is 31.0 Å². The van der Waals surface area contributed by atoms with E-state index in [0.29, 0.717) is 0 Å². The molecule has 2 rings (SSSR count). The van der Waals surface area contributed by atoms with Crippen molar-refractivity contribution in [2.75, 3.05) is 19.7 Å². The molecule has 1 atom stereocenters. The SMILES string of the molecule is Cc1cc(C)cc(S(=O)(=O)N2CCOC(CC(=O)O)C2)c1. The van der Waals surface area contributed by atoms with Crippen molar-refractivity contribution in [3.63, 3.8) is 0 Å². The quantitative estimate of drug-likeness (QED) is 0.902. The van der Waals surface area contributed by atoms with Crippen molar-refractivity contribution in [3.8, 4) is 0 Å². The minimum atomic E-state index is -3.62. The van der Waals surface area contributed by atoms with Crippen molar-refractivity contribution in [3.05, 3.63) is 29.3 Å². The molecule has 1 aliphatic rings. The number of morpholine rings is 1. The zero-order valence-corrected chi connectivity index (χ0v) is 12.9. The Labute approximate surface area is 124 Å². The zero-order chi connectivity index (χ0) is 15.6. The molecule has 7 heteroatoms. The van der Waals surface area contributed by atoms with Gasteiger partial charge in [-0.15, -0.1) is 0 Å². The number of benzene rings is 1. The maximum Gasteiger partial charge on any atom is 0.306 e. The van der Waals surface area contributed by atoms with Gasteiger partial charge in [0.25, 0.3) is 0 Å². The molecule has 0 aromatic heterocycles. The number of carbonyl (C=O) groups is 1. The van der Waals surface area contributed by atoms with Crippen molar-refractivity contribution in [1.82, 2.24) is 4.31 Å². The van der Waals surface area contributed by atoms with Gasteiger partial charge in [0.15, 0.2) is 0 Å². The first-order chi connectivity index (χ1) is 9.79. The summed E-state index contributed by atoms with van der Waals surface area (Å²) in [6, 6.07) is 5.17. The van der Waals surface area contributed by atoms with Crippen LogP contribution in [0.5, 0.6) is 0 Å². The van der Waals surface area contributed by atoms with Gasteiger partial charge >= 0.3 is 5.97 Å². The molecule has 0 radical (unpaired) electrons. The van der Waals surface area contributed by atoms with Crippen LogP contribution in [0.4, 0.5) is 0 Å². The molecule has 1 aromatic rings. The fourth-order valence-corrected chi connectivity index (χ4v) is 4.10. The Bertz CT molecular complexity index is 621. The largest absolute Gasteiger partial charge is 0.481 e. The van der Waals surface area contributed by atoms with E-state index in [4.69, 9.17) is 9.84 Å². The number of carboxylic acid groups (broad SMARTS) is 1. The second-order valence-electron chi connectivity index (χ2n) is 5.28. The molecule has 0 saturated carbocycles. The summed E-state index contributed by atoms with van der Waals surface area (Å²) in [6.45, 7) is 4.21. The molecule has 1 aliphatic heterocycles. The number of carboxylic acids is 1. The summed E-state index contributed by atoms with van der Waals surface area (Å²) in [5, 5.41) is 8.80. The van der Waals surface area contributed by atoms with E-state index in [9.17, 15) is 13.2 Å². The fourth-order valence-electron chi connectivity index (χ4n) is 2.46. The number of hydrogen-bond acceptors (Lipinski definition) is 4. The minimum Gasteiger partial charge on any atom is -0.481 e. The molecular weight excluding hydrogens is 294 g/mol. The van der Waals surface area contributed by atoms with Gasteiger partial charge in [0.2, 0.25) is 10.0 Å². The predicted molar refractivity (Wildman–Crippen MR) is 76.7 cm³/mol. The number of ether oxygens (including phenoxy) is 1. The third kappa shape index (κ3) is 3.81. The number of nitrogens with zero attached hydrogens (tertiary/aromatic N) is 1. The lowest BCUT2D eigenvalue weighted by Gasteiger charge is -2.31. The van der Waals surface area contributed by atoms with Gasteiger partial charge in [-0.3, -0.25) is 4.79 Å². The van der Waals surface area contributed by atoms with E-state index in [1.54, 1.807) is 12.1 Å². The number of sulfonamides is 1. The standard InChI is InChI=1S/C14H19NO5S/c1-10-5-11(2)7-13(6-10)21(18,19)15-3-4-20-12(9-15)8-14(16)17/h5-7,12H,3-4,8-9H2,1-2H3,(H,16,17). The van der Waals surface area contributed by atoms with Crippen LogP contribution >= 0.6 is 0 Å². The highest BCUT2D eigenvalue weighted by Gasteiger charge is 2.31. The maximum atomic E-state index is 12.6. The summed E-state index contributed by atoms with van der Waals surface area (Å²) in [6.07, 6.45) is -0.796. The molecule has 21 heavy (non-hydrogen) atoms. The van der Waals surface area contributed by atoms with Gasteiger partial charge in [0.05, 0.1) is 24.0 Å². The van der Waals surface area contributed by atoms with Crippen molar-refractivity contribution in [2.24, 2.45) is 0 Å². The van der Waals surface area contributed by atoms with Crippen molar-refractivity contribution in [1.29, 1.82) is 0 Å². The summed E-state index contributed by atoms with van der Waals surface area (Å²) in [5.41, 5.74) is 1.76. The third-order valence-corrected chi connectivity index (χ3v) is 5.18. The second-order valence-corrected chi connectivity index (χ2v) is 7.22. The summed E-state index contributed by atoms with van der Waals surface area (Å²) < 4.78 is 31.9. The van der Waals surface area contributed by atoms with Crippen molar-refractivity contribution < 1.29 is 23.1 Å². The van der Waals surface area contributed by atoms with Gasteiger partial charge in [-0.2, -0.15) is 4.31 Å². The van der Waals surface area contributed by atoms with E-state index in [2.05, 4.69) is 0 Å². The lowest BCUT2D eigenvalue weighted by Crippen LogP contribution is -2.46. The summed E-state index contributed by atoms with van der Waals surface area (Å²) >= 11 is 0. The molecule has 1 fully saturated rings. The van der Waals surface area contributed by atoms with Gasteiger partial charge in [-0.1, -0.05) is 6.07 Å². The first kappa shape index (κ1) is 15.9. The molecule has 116 valence electrons. The molecule has 1 unspecified atom stereocenters. The van der Waals surface area contributed by atoms with Crippen LogP contribution in [0.3, 0.4) is 0 Å². The summed E-state index contributed by atoms with van der Waals surface area (Å²) in [4.78, 5) is 11.0. The summed E-state index contributed by atoms with van der Waals surface area (Å²) in [7, 11) is -3.62. The Morgan fingerprint density at radius 3 is 2.52 bits per heavy atom. The molecule has 0 aliphatic carbocycles. The fraction of sp³-hybridized carbons (Fsp3) is 0.500. The van der Waals surface area contributed by atoms with Gasteiger partial charge in [0.1, 0.15) is 0 Å². The maximum absolute atomic E-state index is 12.6. The molecule has 0 amide bonds. The molecule has 1 N–H and O–H groups in total. The third-order valence-electron chi connectivity index (χ3n) is 3.34. The molecule has 6 nitrogen and oxygen atoms in total. The highest BCUT2D eigenvalue weighted by atomic mass is 32.2. The van der Waals surface area contributed by atoms with E-state index in [0.717, 1.165) is 11.1 Å². The number of rotatable bonds is 4. The first-order valence-corrected chi connectivity index (χ1v) is 8.15. The topological polar surface area (TPSA) is 83.9 Å². The molecule has 1 aromatic carbocycles. The second kappa shape index (κ2) is 6.13. The zero-order valence-electron chi connectivity index (χ0n) is 12.1. The molecule has 1 heterocycles. The number of aryl methyl sites for hydroxylation is 2. The van der Waals surface area contributed by atoms with Gasteiger partial charge < -0.3 is 9.84 Å². The van der Waals surface area contributed by atoms with Gasteiger partial charge in [0, 0.05) is 13.1 Å². The molecule has 0 bridgehead atoms. The Morgan fingerprint density at radius 1 is 1.33 bits per heavy atom.